The maximum Gasteiger partial charge on any atom is 0.387 e. The van der Waals surface area contributed by atoms with Crippen molar-refractivity contribution in [2.45, 2.75) is 49.9 Å². The Bertz CT molecular complexity index is 1360. The Labute approximate surface area is 206 Å². The number of aliphatic hydroxyl groups excluding tert-OH is 2. The third-order valence-corrected chi connectivity index (χ3v) is 7.39. The molecular formula is C23H22F4N6O4. The number of nitrogens with zero attached hydrogens (tertiary/aromatic N) is 4. The SMILES string of the molecule is O=C(c1n[nH]c2ncnc(N[C@H]3[C@H](O)[C@H](O)[C@@H]4C[C@@H]43)c12)N1C[C@@H](F)C[C@@H]1c1cc(F)cc(OC(F)F)c1. The fourth-order valence-electron chi connectivity index (χ4n) is 5.64. The Morgan fingerprint density at radius 3 is 2.70 bits per heavy atom. The third kappa shape index (κ3) is 4.13. The predicted octanol–water partition coefficient (Wildman–Crippen LogP) is 2.17. The van der Waals surface area contributed by atoms with Crippen LogP contribution in [0.4, 0.5) is 23.4 Å². The monoisotopic (exact) mass is 522 g/mol. The van der Waals surface area contributed by atoms with E-state index < -0.39 is 54.5 Å². The van der Waals surface area contributed by atoms with Crippen LogP contribution in [-0.4, -0.2) is 78.8 Å². The quantitative estimate of drug-likeness (QED) is 0.362. The molecule has 0 bridgehead atoms. The number of anilines is 1. The molecule has 2 aliphatic carbocycles. The number of nitrogens with one attached hydrogen (secondary N) is 2. The van der Waals surface area contributed by atoms with Crippen LogP contribution in [0.25, 0.3) is 11.0 Å². The second-order valence-electron chi connectivity index (χ2n) is 9.64. The summed E-state index contributed by atoms with van der Waals surface area (Å²) in [5.41, 5.74) is 0.187. The molecule has 0 unspecified atom stereocenters. The van der Waals surface area contributed by atoms with Gasteiger partial charge in [0.15, 0.2) is 11.3 Å². The Hall–Kier alpha value is -3.52. The summed E-state index contributed by atoms with van der Waals surface area (Å²) in [5.74, 6) is -1.77. The number of rotatable bonds is 6. The van der Waals surface area contributed by atoms with E-state index in [1.807, 2.05) is 0 Å². The molecule has 14 heteroatoms. The molecule has 37 heavy (non-hydrogen) atoms. The molecule has 1 amide bonds. The average molecular weight is 522 g/mol. The topological polar surface area (TPSA) is 136 Å². The molecule has 2 aromatic heterocycles. The lowest BCUT2D eigenvalue weighted by Gasteiger charge is -2.25. The first kappa shape index (κ1) is 23.9. The summed E-state index contributed by atoms with van der Waals surface area (Å²) in [6.07, 6.45) is -1.51. The molecule has 6 rings (SSSR count). The Kier molecular flexibility index (Phi) is 5.67. The minimum atomic E-state index is -3.18. The van der Waals surface area contributed by atoms with E-state index in [0.29, 0.717) is 0 Å². The minimum Gasteiger partial charge on any atom is -0.435 e. The number of alkyl halides is 3. The summed E-state index contributed by atoms with van der Waals surface area (Å²) in [5, 5.41) is 30.6. The van der Waals surface area contributed by atoms with E-state index in [2.05, 4.69) is 30.2 Å². The van der Waals surface area contributed by atoms with E-state index in [1.54, 1.807) is 0 Å². The molecule has 0 radical (unpaired) electrons. The van der Waals surface area contributed by atoms with Crippen molar-refractivity contribution in [3.05, 3.63) is 41.6 Å². The molecule has 1 aliphatic heterocycles. The number of likely N-dealkylation sites (tertiary alicyclic amines) is 1. The van der Waals surface area contributed by atoms with Gasteiger partial charge in [0.05, 0.1) is 30.1 Å². The second-order valence-corrected chi connectivity index (χ2v) is 9.64. The van der Waals surface area contributed by atoms with Crippen LogP contribution in [0.1, 0.15) is 34.9 Å². The van der Waals surface area contributed by atoms with Crippen LogP contribution in [-0.2, 0) is 0 Å². The normalized spacial score (nSPS) is 30.7. The molecule has 3 fully saturated rings. The summed E-state index contributed by atoms with van der Waals surface area (Å²) in [4.78, 5) is 23.1. The molecule has 3 aliphatic rings. The Morgan fingerprint density at radius 1 is 1.16 bits per heavy atom. The molecular weight excluding hydrogens is 500 g/mol. The molecule has 0 spiro atoms. The first-order chi connectivity index (χ1) is 17.7. The number of aromatic nitrogens is 4. The number of aliphatic hydroxyl groups is 2. The fraction of sp³-hybridized carbons (Fsp3) is 0.478. The minimum absolute atomic E-state index is 0.00710. The van der Waals surface area contributed by atoms with Crippen molar-refractivity contribution in [2.75, 3.05) is 11.9 Å². The number of fused-ring (bicyclic) bond motifs is 2. The van der Waals surface area contributed by atoms with Gasteiger partial charge >= 0.3 is 6.61 Å². The zero-order chi connectivity index (χ0) is 26.0. The van der Waals surface area contributed by atoms with E-state index in [9.17, 15) is 32.6 Å². The van der Waals surface area contributed by atoms with Gasteiger partial charge in [-0.3, -0.25) is 9.89 Å². The molecule has 3 aromatic rings. The van der Waals surface area contributed by atoms with Gasteiger partial charge in [0.25, 0.3) is 5.91 Å². The van der Waals surface area contributed by atoms with E-state index in [0.717, 1.165) is 29.5 Å². The largest absolute Gasteiger partial charge is 0.435 e. The summed E-state index contributed by atoms with van der Waals surface area (Å²) in [6.45, 7) is -3.51. The van der Waals surface area contributed by atoms with E-state index in [1.165, 1.54) is 6.33 Å². The highest BCUT2D eigenvalue weighted by Gasteiger charge is 2.59. The average Bonchev–Trinajstić information content (AvgIpc) is 3.24. The smallest absolute Gasteiger partial charge is 0.387 e. The van der Waals surface area contributed by atoms with Crippen molar-refractivity contribution in [2.24, 2.45) is 11.8 Å². The number of carbonyl (C=O) groups is 1. The van der Waals surface area contributed by atoms with Crippen molar-refractivity contribution in [3.8, 4) is 5.75 Å². The Morgan fingerprint density at radius 2 is 1.97 bits per heavy atom. The number of ether oxygens (including phenoxy) is 1. The van der Waals surface area contributed by atoms with E-state index in [-0.39, 0.29) is 52.9 Å². The zero-order valence-corrected chi connectivity index (χ0v) is 19.1. The molecule has 10 nitrogen and oxygen atoms in total. The lowest BCUT2D eigenvalue weighted by molar-refractivity contribution is -0.0501. The van der Waals surface area contributed by atoms with Crippen molar-refractivity contribution < 1.29 is 37.3 Å². The summed E-state index contributed by atoms with van der Waals surface area (Å²) >= 11 is 0. The van der Waals surface area contributed by atoms with Gasteiger partial charge in [0, 0.05) is 12.5 Å². The van der Waals surface area contributed by atoms with Crippen LogP contribution in [0, 0.1) is 17.7 Å². The summed E-state index contributed by atoms with van der Waals surface area (Å²) in [7, 11) is 0. The van der Waals surface area contributed by atoms with Crippen LogP contribution in [0.2, 0.25) is 0 Å². The van der Waals surface area contributed by atoms with Crippen LogP contribution in [0.3, 0.4) is 0 Å². The highest BCUT2D eigenvalue weighted by molar-refractivity contribution is 6.08. The molecule has 2 saturated carbocycles. The number of halogens is 4. The zero-order valence-electron chi connectivity index (χ0n) is 19.1. The standard InChI is InChI=1S/C23H22F4N6O4/c24-9-1-8(2-11(3-9)37-23(26)27)14-4-10(25)6-33(14)22(36)17-15-20(28-7-29-21(15)32-31-17)30-16-12-5-13(12)18(34)19(16)35/h1-3,7,10,12-14,16,18-19,23,34-35H,4-6H2,(H2,28,29,30,31,32)/t10-,12-,13+,14+,16+,18+,19-/m0/s1. The van der Waals surface area contributed by atoms with Crippen molar-refractivity contribution in [1.29, 1.82) is 0 Å². The van der Waals surface area contributed by atoms with Gasteiger partial charge in [-0.15, -0.1) is 0 Å². The van der Waals surface area contributed by atoms with Crippen molar-refractivity contribution in [3.63, 3.8) is 0 Å². The molecule has 1 saturated heterocycles. The maximum absolute atomic E-state index is 14.6. The van der Waals surface area contributed by atoms with E-state index in [4.69, 9.17) is 0 Å². The van der Waals surface area contributed by atoms with Gasteiger partial charge in [-0.25, -0.2) is 18.7 Å². The molecule has 4 N–H and O–H groups in total. The fourth-order valence-corrected chi connectivity index (χ4v) is 5.64. The lowest BCUT2D eigenvalue weighted by atomic mass is 10.0. The first-order valence-corrected chi connectivity index (χ1v) is 11.7. The lowest BCUT2D eigenvalue weighted by Crippen LogP contribution is -2.38. The highest BCUT2D eigenvalue weighted by atomic mass is 19.3. The van der Waals surface area contributed by atoms with Gasteiger partial charge in [-0.05, 0) is 36.0 Å². The van der Waals surface area contributed by atoms with Crippen LogP contribution in [0.5, 0.6) is 5.75 Å². The number of aromatic amines is 1. The van der Waals surface area contributed by atoms with Gasteiger partial charge in [0.1, 0.15) is 36.0 Å². The Balaban J connectivity index is 1.33. The van der Waals surface area contributed by atoms with Gasteiger partial charge in [-0.2, -0.15) is 13.9 Å². The van der Waals surface area contributed by atoms with E-state index >= 15 is 0 Å². The summed E-state index contributed by atoms with van der Waals surface area (Å²) in [6, 6.07) is 1.50. The van der Waals surface area contributed by atoms with Gasteiger partial charge in [-0.1, -0.05) is 0 Å². The molecule has 7 atom stereocenters. The number of benzene rings is 1. The van der Waals surface area contributed by atoms with Crippen LogP contribution in [0.15, 0.2) is 24.5 Å². The van der Waals surface area contributed by atoms with Crippen LogP contribution >= 0.6 is 0 Å². The number of amides is 1. The maximum atomic E-state index is 14.6. The molecule has 196 valence electrons. The molecule has 3 heterocycles. The second kappa shape index (κ2) is 8.80. The van der Waals surface area contributed by atoms with Crippen molar-refractivity contribution >= 4 is 22.8 Å². The number of hydrogen-bond donors (Lipinski definition) is 4. The number of carbonyl (C=O) groups excluding carboxylic acids is 1. The van der Waals surface area contributed by atoms with Crippen molar-refractivity contribution in [1.82, 2.24) is 25.1 Å². The predicted molar refractivity (Wildman–Crippen MR) is 119 cm³/mol. The van der Waals surface area contributed by atoms with Gasteiger partial charge in [0.2, 0.25) is 0 Å². The third-order valence-electron chi connectivity index (χ3n) is 7.39. The highest BCUT2D eigenvalue weighted by Crippen LogP contribution is 2.53. The van der Waals surface area contributed by atoms with Gasteiger partial charge < -0.3 is 25.2 Å². The van der Waals surface area contributed by atoms with Crippen LogP contribution < -0.4 is 10.1 Å². The number of hydrogen-bond acceptors (Lipinski definition) is 8. The summed E-state index contributed by atoms with van der Waals surface area (Å²) < 4.78 is 58.4. The number of H-pyrrole nitrogens is 1. The molecule has 1 aromatic carbocycles. The first-order valence-electron chi connectivity index (χ1n) is 11.7.